The Bertz CT molecular complexity index is 543. The first kappa shape index (κ1) is 13.0. The molecule has 1 saturated heterocycles. The van der Waals surface area contributed by atoms with E-state index in [9.17, 15) is 14.9 Å². The first-order valence-corrected chi connectivity index (χ1v) is 6.05. The van der Waals surface area contributed by atoms with Gasteiger partial charge in [-0.2, -0.15) is 5.26 Å². The Balaban J connectivity index is 2.33. The van der Waals surface area contributed by atoms with Crippen LogP contribution >= 0.6 is 0 Å². The number of carbonyl (C=O) groups is 1. The summed E-state index contributed by atoms with van der Waals surface area (Å²) in [6, 6.07) is 6.59. The molecular formula is C13H13N3O3. The zero-order valence-corrected chi connectivity index (χ0v) is 10.3. The number of nitriles is 1. The zero-order chi connectivity index (χ0) is 13.8. The van der Waals surface area contributed by atoms with Gasteiger partial charge in [0.2, 0.25) is 0 Å². The van der Waals surface area contributed by atoms with E-state index in [0.717, 1.165) is 6.29 Å². The van der Waals surface area contributed by atoms with Gasteiger partial charge in [0.15, 0.2) is 0 Å². The average Bonchev–Trinajstić information content (AvgIpc) is 2.46. The maximum Gasteiger partial charge on any atom is 0.310 e. The van der Waals surface area contributed by atoms with Crippen LogP contribution in [0.3, 0.4) is 0 Å². The molecule has 0 N–H and O–H groups in total. The van der Waals surface area contributed by atoms with Crippen molar-refractivity contribution in [2.75, 3.05) is 18.0 Å². The average molecular weight is 259 g/mol. The minimum atomic E-state index is -0.514. The van der Waals surface area contributed by atoms with Crippen molar-refractivity contribution in [2.24, 2.45) is 5.92 Å². The maximum atomic E-state index is 11.1. The first-order chi connectivity index (χ1) is 9.17. The van der Waals surface area contributed by atoms with Crippen LogP contribution in [0.2, 0.25) is 0 Å². The lowest BCUT2D eigenvalue weighted by molar-refractivity contribution is -0.384. The first-order valence-electron chi connectivity index (χ1n) is 6.05. The zero-order valence-electron chi connectivity index (χ0n) is 10.3. The van der Waals surface area contributed by atoms with E-state index in [4.69, 9.17) is 5.26 Å². The lowest BCUT2D eigenvalue weighted by Crippen LogP contribution is -2.34. The fraction of sp³-hybridized carbons (Fsp3) is 0.385. The molecule has 1 aromatic carbocycles. The van der Waals surface area contributed by atoms with E-state index in [1.54, 1.807) is 12.1 Å². The van der Waals surface area contributed by atoms with Gasteiger partial charge in [0.25, 0.3) is 0 Å². The maximum absolute atomic E-state index is 11.1. The molecule has 0 bridgehead atoms. The fourth-order valence-corrected chi connectivity index (χ4v) is 2.35. The predicted octanol–water partition coefficient (Wildman–Crippen LogP) is 1.88. The van der Waals surface area contributed by atoms with Crippen molar-refractivity contribution in [3.63, 3.8) is 0 Å². The molecule has 0 unspecified atom stereocenters. The number of nitro benzene ring substituents is 1. The Morgan fingerprint density at radius 2 is 2.11 bits per heavy atom. The normalized spacial score (nSPS) is 15.8. The summed E-state index contributed by atoms with van der Waals surface area (Å²) in [5, 5.41) is 20.1. The highest BCUT2D eigenvalue weighted by Crippen LogP contribution is 2.33. The Hall–Kier alpha value is -2.42. The van der Waals surface area contributed by atoms with Crippen molar-refractivity contribution < 1.29 is 9.72 Å². The van der Waals surface area contributed by atoms with Gasteiger partial charge in [0, 0.05) is 19.0 Å². The van der Waals surface area contributed by atoms with E-state index in [-0.39, 0.29) is 17.2 Å². The van der Waals surface area contributed by atoms with Crippen molar-refractivity contribution in [1.82, 2.24) is 0 Å². The molecule has 0 amide bonds. The number of para-hydroxylation sites is 1. The van der Waals surface area contributed by atoms with Crippen LogP contribution < -0.4 is 4.90 Å². The monoisotopic (exact) mass is 259 g/mol. The summed E-state index contributed by atoms with van der Waals surface area (Å²) in [5.41, 5.74) is 0.392. The molecule has 1 aliphatic rings. The van der Waals surface area contributed by atoms with E-state index < -0.39 is 4.92 Å². The summed E-state index contributed by atoms with van der Waals surface area (Å²) in [4.78, 5) is 23.2. The molecule has 0 aromatic heterocycles. The number of hydrogen-bond acceptors (Lipinski definition) is 5. The van der Waals surface area contributed by atoms with E-state index >= 15 is 0 Å². The third kappa shape index (κ3) is 2.55. The van der Waals surface area contributed by atoms with Crippen LogP contribution in [0.4, 0.5) is 11.4 Å². The second-order valence-corrected chi connectivity index (χ2v) is 4.50. The van der Waals surface area contributed by atoms with Gasteiger partial charge in [0.1, 0.15) is 23.6 Å². The van der Waals surface area contributed by atoms with Crippen LogP contribution in [0.5, 0.6) is 0 Å². The van der Waals surface area contributed by atoms with E-state index in [2.05, 4.69) is 0 Å². The molecule has 1 fully saturated rings. The minimum absolute atomic E-state index is 0.0365. The molecule has 6 heteroatoms. The van der Waals surface area contributed by atoms with Gasteiger partial charge in [0.05, 0.1) is 4.92 Å². The van der Waals surface area contributed by atoms with Crippen LogP contribution in [0.1, 0.15) is 18.4 Å². The number of benzene rings is 1. The van der Waals surface area contributed by atoms with Gasteiger partial charge in [-0.25, -0.2) is 0 Å². The van der Waals surface area contributed by atoms with Crippen LogP contribution in [0.15, 0.2) is 18.2 Å². The minimum Gasteiger partial charge on any atom is -0.366 e. The molecule has 1 heterocycles. The molecule has 0 atom stereocenters. The van der Waals surface area contributed by atoms with Gasteiger partial charge >= 0.3 is 5.69 Å². The van der Waals surface area contributed by atoms with Crippen LogP contribution in [-0.2, 0) is 4.79 Å². The highest BCUT2D eigenvalue weighted by atomic mass is 16.6. The Labute approximate surface area is 110 Å². The van der Waals surface area contributed by atoms with Gasteiger partial charge in [-0.3, -0.25) is 10.1 Å². The lowest BCUT2D eigenvalue weighted by Gasteiger charge is -2.31. The van der Waals surface area contributed by atoms with Crippen LogP contribution in [0, 0.1) is 27.4 Å². The van der Waals surface area contributed by atoms with Crippen LogP contribution in [-0.4, -0.2) is 24.3 Å². The van der Waals surface area contributed by atoms with Crippen molar-refractivity contribution in [3.05, 3.63) is 33.9 Å². The number of carbonyl (C=O) groups excluding carboxylic acids is 1. The number of piperidine rings is 1. The number of aldehydes is 1. The lowest BCUT2D eigenvalue weighted by atomic mass is 9.97. The standard InChI is InChI=1S/C13H13N3O3/c14-8-11-2-1-3-12(13(11)16(18)19)15-6-4-10(9-17)5-7-15/h1-3,9-10H,4-7H2. The number of nitrogens with zero attached hydrogens (tertiary/aromatic N) is 3. The molecule has 0 aliphatic carbocycles. The van der Waals surface area contributed by atoms with Gasteiger partial charge in [-0.05, 0) is 25.0 Å². The largest absolute Gasteiger partial charge is 0.366 e. The molecule has 19 heavy (non-hydrogen) atoms. The van der Waals surface area contributed by atoms with Gasteiger partial charge in [-0.15, -0.1) is 0 Å². The number of hydrogen-bond donors (Lipinski definition) is 0. The van der Waals surface area contributed by atoms with Crippen LogP contribution in [0.25, 0.3) is 0 Å². The number of anilines is 1. The summed E-state index contributed by atoms with van der Waals surface area (Å²) in [5.74, 6) is 0.0365. The van der Waals surface area contributed by atoms with Gasteiger partial charge < -0.3 is 9.69 Å². The molecule has 0 spiro atoms. The summed E-state index contributed by atoms with van der Waals surface area (Å²) >= 11 is 0. The quantitative estimate of drug-likeness (QED) is 0.470. The van der Waals surface area contributed by atoms with Crippen molar-refractivity contribution >= 4 is 17.7 Å². The molecule has 0 saturated carbocycles. The smallest absolute Gasteiger partial charge is 0.310 e. The number of nitro groups is 1. The number of rotatable bonds is 3. The Morgan fingerprint density at radius 1 is 1.42 bits per heavy atom. The van der Waals surface area contributed by atoms with Gasteiger partial charge in [-0.1, -0.05) is 6.07 Å². The van der Waals surface area contributed by atoms with Crippen molar-refractivity contribution in [3.8, 4) is 6.07 Å². The fourth-order valence-electron chi connectivity index (χ4n) is 2.35. The molecular weight excluding hydrogens is 246 g/mol. The summed E-state index contributed by atoms with van der Waals surface area (Å²) < 4.78 is 0. The molecule has 2 rings (SSSR count). The van der Waals surface area contributed by atoms with E-state index in [1.165, 1.54) is 6.07 Å². The topological polar surface area (TPSA) is 87.2 Å². The van der Waals surface area contributed by atoms with Crippen molar-refractivity contribution in [1.29, 1.82) is 5.26 Å². The van der Waals surface area contributed by atoms with E-state index in [1.807, 2.05) is 11.0 Å². The second-order valence-electron chi connectivity index (χ2n) is 4.50. The highest BCUT2D eigenvalue weighted by Gasteiger charge is 2.26. The SMILES string of the molecule is N#Cc1cccc(N2CCC(C=O)CC2)c1[N+](=O)[O-]. The second kappa shape index (κ2) is 5.48. The highest BCUT2D eigenvalue weighted by molar-refractivity contribution is 5.70. The Kier molecular flexibility index (Phi) is 3.76. The third-order valence-electron chi connectivity index (χ3n) is 3.39. The molecule has 98 valence electrons. The van der Waals surface area contributed by atoms with E-state index in [0.29, 0.717) is 31.6 Å². The predicted molar refractivity (Wildman–Crippen MR) is 68.8 cm³/mol. The molecule has 0 radical (unpaired) electrons. The molecule has 1 aromatic rings. The van der Waals surface area contributed by atoms with Crippen molar-refractivity contribution in [2.45, 2.75) is 12.8 Å². The Morgan fingerprint density at radius 3 is 2.63 bits per heavy atom. The summed E-state index contributed by atoms with van der Waals surface area (Å²) in [7, 11) is 0. The molecule has 1 aliphatic heterocycles. The molecule has 6 nitrogen and oxygen atoms in total. The third-order valence-corrected chi connectivity index (χ3v) is 3.39. The summed E-state index contributed by atoms with van der Waals surface area (Å²) in [6.07, 6.45) is 2.33. The summed E-state index contributed by atoms with van der Waals surface area (Å²) in [6.45, 7) is 1.19.